The first-order valence-electron chi connectivity index (χ1n) is 5.51. The van der Waals surface area contributed by atoms with E-state index in [2.05, 4.69) is 15.3 Å². The number of nitrogens with one attached hydrogen (secondary N) is 2. The normalized spacial score (nSPS) is 11.3. The Hall–Kier alpha value is -1.56. The molecule has 96 valence electrons. The van der Waals surface area contributed by atoms with Crippen LogP contribution >= 0.6 is 0 Å². The second-order valence-corrected chi connectivity index (χ2v) is 4.69. The minimum Gasteiger partial charge on any atom is -0.444 e. The number of ether oxygens (including phenoxy) is 1. The molecule has 0 saturated heterocycles. The average molecular weight is 241 g/mol. The van der Waals surface area contributed by atoms with Gasteiger partial charge in [-0.3, -0.25) is 0 Å². The molecule has 1 aromatic heterocycles. The second-order valence-electron chi connectivity index (χ2n) is 4.69. The van der Waals surface area contributed by atoms with Gasteiger partial charge in [0.05, 0.1) is 18.5 Å². The zero-order valence-electron chi connectivity index (χ0n) is 10.4. The van der Waals surface area contributed by atoms with Crippen molar-refractivity contribution in [3.8, 4) is 0 Å². The van der Waals surface area contributed by atoms with Crippen LogP contribution < -0.4 is 5.32 Å². The van der Waals surface area contributed by atoms with E-state index in [1.54, 1.807) is 6.20 Å². The molecular weight excluding hydrogens is 222 g/mol. The van der Waals surface area contributed by atoms with E-state index >= 15 is 0 Å². The molecule has 0 radical (unpaired) electrons. The number of hydrogen-bond donors (Lipinski definition) is 3. The van der Waals surface area contributed by atoms with Crippen LogP contribution in [0.2, 0.25) is 0 Å². The molecule has 0 aliphatic carbocycles. The van der Waals surface area contributed by atoms with Gasteiger partial charge in [0.15, 0.2) is 0 Å². The fraction of sp³-hybridized carbons (Fsp3) is 0.636. The summed E-state index contributed by atoms with van der Waals surface area (Å²) in [7, 11) is 0. The Morgan fingerprint density at radius 1 is 1.59 bits per heavy atom. The molecule has 0 atom stereocenters. The summed E-state index contributed by atoms with van der Waals surface area (Å²) in [6.45, 7) is 5.81. The topological polar surface area (TPSA) is 87.2 Å². The van der Waals surface area contributed by atoms with Crippen LogP contribution in [0.5, 0.6) is 0 Å². The standard InChI is InChI=1S/C11H19N3O3/c1-11(2,3)17-10(16)12-5-4-9-13-6-8(7-15)14-9/h6,15H,4-5,7H2,1-3H3,(H,12,16)(H,13,14). The van der Waals surface area contributed by atoms with Crippen molar-refractivity contribution in [1.29, 1.82) is 0 Å². The van der Waals surface area contributed by atoms with E-state index in [9.17, 15) is 4.79 Å². The number of hydrogen-bond acceptors (Lipinski definition) is 4. The quantitative estimate of drug-likeness (QED) is 0.733. The van der Waals surface area contributed by atoms with Gasteiger partial charge in [-0.05, 0) is 20.8 Å². The molecule has 1 heterocycles. The number of H-pyrrole nitrogens is 1. The van der Waals surface area contributed by atoms with Gasteiger partial charge >= 0.3 is 6.09 Å². The van der Waals surface area contributed by atoms with Gasteiger partial charge in [0.2, 0.25) is 0 Å². The predicted octanol–water partition coefficient (Wildman–Crippen LogP) is 0.969. The van der Waals surface area contributed by atoms with Gasteiger partial charge in [-0.1, -0.05) is 0 Å². The molecule has 1 aromatic rings. The molecule has 0 aliphatic rings. The minimum atomic E-state index is -0.487. The molecule has 17 heavy (non-hydrogen) atoms. The number of aromatic nitrogens is 2. The summed E-state index contributed by atoms with van der Waals surface area (Å²) in [6.07, 6.45) is 1.70. The lowest BCUT2D eigenvalue weighted by Gasteiger charge is -2.19. The third-order valence-corrected chi connectivity index (χ3v) is 1.88. The van der Waals surface area contributed by atoms with E-state index in [0.29, 0.717) is 18.7 Å². The molecule has 1 rings (SSSR count). The summed E-state index contributed by atoms with van der Waals surface area (Å²) in [5, 5.41) is 11.5. The summed E-state index contributed by atoms with van der Waals surface area (Å²) in [5.74, 6) is 0.727. The van der Waals surface area contributed by atoms with Crippen LogP contribution in [0, 0.1) is 0 Å². The summed E-state index contributed by atoms with van der Waals surface area (Å²) in [6, 6.07) is 0. The van der Waals surface area contributed by atoms with Crippen molar-refractivity contribution in [2.24, 2.45) is 0 Å². The molecule has 0 aromatic carbocycles. The van der Waals surface area contributed by atoms with Crippen LogP contribution in [0.4, 0.5) is 4.79 Å². The van der Waals surface area contributed by atoms with Crippen molar-refractivity contribution < 1.29 is 14.6 Å². The highest BCUT2D eigenvalue weighted by molar-refractivity contribution is 5.67. The van der Waals surface area contributed by atoms with Crippen molar-refractivity contribution in [3.05, 3.63) is 17.7 Å². The first kappa shape index (κ1) is 13.5. The summed E-state index contributed by atoms with van der Waals surface area (Å²) in [4.78, 5) is 18.3. The summed E-state index contributed by atoms with van der Waals surface area (Å²) >= 11 is 0. The van der Waals surface area contributed by atoms with Crippen molar-refractivity contribution in [1.82, 2.24) is 15.3 Å². The van der Waals surface area contributed by atoms with Crippen LogP contribution in [0.25, 0.3) is 0 Å². The number of amides is 1. The molecule has 0 bridgehead atoms. The monoisotopic (exact) mass is 241 g/mol. The molecule has 0 fully saturated rings. The molecule has 0 aliphatic heterocycles. The number of aliphatic hydroxyl groups is 1. The largest absolute Gasteiger partial charge is 0.444 e. The third kappa shape index (κ3) is 5.35. The number of rotatable bonds is 4. The van der Waals surface area contributed by atoms with E-state index in [4.69, 9.17) is 9.84 Å². The Morgan fingerprint density at radius 3 is 2.82 bits per heavy atom. The predicted molar refractivity (Wildman–Crippen MR) is 62.5 cm³/mol. The molecule has 6 heteroatoms. The van der Waals surface area contributed by atoms with E-state index < -0.39 is 11.7 Å². The molecule has 1 amide bonds. The Labute approximate surface area is 100 Å². The van der Waals surface area contributed by atoms with Gasteiger partial charge in [0.1, 0.15) is 11.4 Å². The van der Waals surface area contributed by atoms with Crippen LogP contribution in [-0.4, -0.2) is 33.3 Å². The van der Waals surface area contributed by atoms with Gasteiger partial charge in [-0.2, -0.15) is 0 Å². The first-order chi connectivity index (χ1) is 7.90. The fourth-order valence-electron chi connectivity index (χ4n) is 1.21. The second kappa shape index (κ2) is 5.67. The molecule has 0 saturated carbocycles. The smallest absolute Gasteiger partial charge is 0.407 e. The highest BCUT2D eigenvalue weighted by atomic mass is 16.6. The van der Waals surface area contributed by atoms with Crippen LogP contribution in [0.1, 0.15) is 32.3 Å². The number of aromatic amines is 1. The lowest BCUT2D eigenvalue weighted by atomic mass is 10.2. The number of imidazole rings is 1. The van der Waals surface area contributed by atoms with E-state index in [-0.39, 0.29) is 6.61 Å². The zero-order chi connectivity index (χ0) is 12.9. The van der Waals surface area contributed by atoms with E-state index in [1.165, 1.54) is 0 Å². The molecule has 6 nitrogen and oxygen atoms in total. The number of carbonyl (C=O) groups is 1. The van der Waals surface area contributed by atoms with E-state index in [0.717, 1.165) is 5.82 Å². The Bertz CT molecular complexity index is 368. The van der Waals surface area contributed by atoms with Crippen molar-refractivity contribution >= 4 is 6.09 Å². The van der Waals surface area contributed by atoms with Crippen molar-refractivity contribution in [3.63, 3.8) is 0 Å². The van der Waals surface area contributed by atoms with Crippen LogP contribution in [-0.2, 0) is 17.8 Å². The Morgan fingerprint density at radius 2 is 2.29 bits per heavy atom. The molecule has 0 spiro atoms. The maximum Gasteiger partial charge on any atom is 0.407 e. The average Bonchev–Trinajstić information content (AvgIpc) is 2.63. The van der Waals surface area contributed by atoms with E-state index in [1.807, 2.05) is 20.8 Å². The maximum absolute atomic E-state index is 11.3. The van der Waals surface area contributed by atoms with Gasteiger partial charge < -0.3 is 20.1 Å². The zero-order valence-corrected chi connectivity index (χ0v) is 10.4. The Kier molecular flexibility index (Phi) is 4.51. The minimum absolute atomic E-state index is 0.0630. The fourth-order valence-corrected chi connectivity index (χ4v) is 1.21. The highest BCUT2D eigenvalue weighted by Crippen LogP contribution is 2.06. The highest BCUT2D eigenvalue weighted by Gasteiger charge is 2.15. The molecule has 3 N–H and O–H groups in total. The number of nitrogens with zero attached hydrogens (tertiary/aromatic N) is 1. The number of alkyl carbamates (subject to hydrolysis) is 1. The SMILES string of the molecule is CC(C)(C)OC(=O)NCCc1ncc(CO)[nH]1. The van der Waals surface area contributed by atoms with Gasteiger partial charge in [0, 0.05) is 13.0 Å². The van der Waals surface area contributed by atoms with Gasteiger partial charge in [0.25, 0.3) is 0 Å². The Balaban J connectivity index is 2.26. The molecular formula is C11H19N3O3. The number of carbonyl (C=O) groups excluding carboxylic acids is 1. The van der Waals surface area contributed by atoms with Crippen molar-refractivity contribution in [2.75, 3.05) is 6.54 Å². The summed E-state index contributed by atoms with van der Waals surface area (Å²) in [5.41, 5.74) is 0.177. The maximum atomic E-state index is 11.3. The number of aliphatic hydroxyl groups excluding tert-OH is 1. The first-order valence-corrected chi connectivity index (χ1v) is 5.51. The lowest BCUT2D eigenvalue weighted by Crippen LogP contribution is -2.33. The van der Waals surface area contributed by atoms with Gasteiger partial charge in [-0.25, -0.2) is 9.78 Å². The summed E-state index contributed by atoms with van der Waals surface area (Å²) < 4.78 is 5.08. The molecule has 0 unspecified atom stereocenters. The lowest BCUT2D eigenvalue weighted by molar-refractivity contribution is 0.0528. The van der Waals surface area contributed by atoms with Crippen LogP contribution in [0.3, 0.4) is 0 Å². The third-order valence-electron chi connectivity index (χ3n) is 1.88. The van der Waals surface area contributed by atoms with Crippen molar-refractivity contribution in [2.45, 2.75) is 39.4 Å². The van der Waals surface area contributed by atoms with Crippen LogP contribution in [0.15, 0.2) is 6.20 Å². The van der Waals surface area contributed by atoms with Gasteiger partial charge in [-0.15, -0.1) is 0 Å².